The fraction of sp³-hybridized carbons (Fsp3) is 0.400. The molecule has 116 valence electrons. The lowest BCUT2D eigenvalue weighted by atomic mass is 9.55. The van der Waals surface area contributed by atoms with Crippen LogP contribution in [0.25, 0.3) is 0 Å². The molecule has 3 N–H and O–H groups in total. The van der Waals surface area contributed by atoms with Crippen molar-refractivity contribution in [2.45, 2.75) is 6.42 Å². The molecule has 0 aromatic rings. The first-order chi connectivity index (χ1) is 9.88. The second-order valence-corrected chi connectivity index (χ2v) is 4.48. The van der Waals surface area contributed by atoms with Gasteiger partial charge < -0.3 is 15.3 Å². The lowest BCUT2D eigenvalue weighted by Crippen LogP contribution is -2.60. The Bertz CT molecular complexity index is 439. The van der Waals surface area contributed by atoms with Gasteiger partial charge in [-0.2, -0.15) is 0 Å². The molecule has 0 aromatic heterocycles. The standard InChI is InChI=1S/C15H20O6/c1-4-11(19)14(9-17,10-18)15(7-8-16,12(20)5-2)13(21)6-3/h4-6,16-18H,1-3,7-10H2. The Morgan fingerprint density at radius 3 is 1.43 bits per heavy atom. The van der Waals surface area contributed by atoms with E-state index < -0.39 is 54.4 Å². The van der Waals surface area contributed by atoms with Gasteiger partial charge >= 0.3 is 0 Å². The van der Waals surface area contributed by atoms with E-state index in [1.165, 1.54) is 0 Å². The summed E-state index contributed by atoms with van der Waals surface area (Å²) in [6.45, 7) is 7.23. The summed E-state index contributed by atoms with van der Waals surface area (Å²) in [6, 6.07) is 0. The Kier molecular flexibility index (Phi) is 7.08. The normalized spacial score (nSPS) is 11.6. The summed E-state index contributed by atoms with van der Waals surface area (Å²) in [5.41, 5.74) is -4.33. The molecular weight excluding hydrogens is 276 g/mol. The van der Waals surface area contributed by atoms with Gasteiger partial charge in [0.05, 0.1) is 18.6 Å². The summed E-state index contributed by atoms with van der Waals surface area (Å²) in [6.07, 6.45) is 1.97. The van der Waals surface area contributed by atoms with E-state index in [1.807, 2.05) is 0 Å². The minimum absolute atomic E-state index is 0.469. The summed E-state index contributed by atoms with van der Waals surface area (Å²) in [5, 5.41) is 28.5. The van der Waals surface area contributed by atoms with E-state index in [-0.39, 0.29) is 0 Å². The molecule has 0 amide bonds. The predicted octanol–water partition coefficient (Wildman–Crippen LogP) is -0.409. The third-order valence-corrected chi connectivity index (χ3v) is 3.71. The fourth-order valence-corrected chi connectivity index (χ4v) is 2.48. The molecule has 0 fully saturated rings. The first kappa shape index (κ1) is 19.1. The van der Waals surface area contributed by atoms with Crippen LogP contribution in [0.4, 0.5) is 0 Å². The van der Waals surface area contributed by atoms with Gasteiger partial charge in [0.1, 0.15) is 5.41 Å². The van der Waals surface area contributed by atoms with E-state index in [0.29, 0.717) is 0 Å². The van der Waals surface area contributed by atoms with Crippen molar-refractivity contribution in [1.82, 2.24) is 0 Å². The van der Waals surface area contributed by atoms with Crippen LogP contribution >= 0.6 is 0 Å². The van der Waals surface area contributed by atoms with Gasteiger partial charge in [0, 0.05) is 6.61 Å². The maximum absolute atomic E-state index is 12.3. The summed E-state index contributed by atoms with van der Waals surface area (Å²) in [7, 11) is 0. The lowest BCUT2D eigenvalue weighted by Gasteiger charge is -2.43. The Labute approximate surface area is 123 Å². The van der Waals surface area contributed by atoms with Crippen LogP contribution in [0.1, 0.15) is 6.42 Å². The van der Waals surface area contributed by atoms with Crippen molar-refractivity contribution in [3.8, 4) is 0 Å². The molecule has 0 aliphatic carbocycles. The van der Waals surface area contributed by atoms with Crippen molar-refractivity contribution < 1.29 is 29.7 Å². The minimum atomic E-state index is -2.18. The molecule has 0 bridgehead atoms. The number of hydrogen-bond donors (Lipinski definition) is 3. The minimum Gasteiger partial charge on any atom is -0.396 e. The molecule has 0 aliphatic heterocycles. The summed E-state index contributed by atoms with van der Waals surface area (Å²) < 4.78 is 0. The van der Waals surface area contributed by atoms with Crippen LogP contribution in [0.5, 0.6) is 0 Å². The third kappa shape index (κ3) is 2.78. The van der Waals surface area contributed by atoms with E-state index in [9.17, 15) is 29.7 Å². The highest BCUT2D eigenvalue weighted by molar-refractivity contribution is 6.19. The second-order valence-electron chi connectivity index (χ2n) is 4.48. The fourth-order valence-electron chi connectivity index (χ4n) is 2.48. The number of aliphatic hydroxyl groups is 3. The van der Waals surface area contributed by atoms with Crippen LogP contribution in [-0.4, -0.2) is 52.5 Å². The van der Waals surface area contributed by atoms with Gasteiger partial charge in [-0.3, -0.25) is 14.4 Å². The Morgan fingerprint density at radius 2 is 1.19 bits per heavy atom. The van der Waals surface area contributed by atoms with Crippen LogP contribution in [0, 0.1) is 10.8 Å². The van der Waals surface area contributed by atoms with Crippen LogP contribution in [0.3, 0.4) is 0 Å². The Hall–Kier alpha value is -1.89. The first-order valence-corrected chi connectivity index (χ1v) is 6.21. The van der Waals surface area contributed by atoms with Crippen molar-refractivity contribution in [2.75, 3.05) is 19.8 Å². The van der Waals surface area contributed by atoms with Gasteiger partial charge in [-0.25, -0.2) is 0 Å². The highest BCUT2D eigenvalue weighted by atomic mass is 16.3. The molecule has 0 saturated carbocycles. The van der Waals surface area contributed by atoms with Crippen molar-refractivity contribution >= 4 is 17.3 Å². The first-order valence-electron chi connectivity index (χ1n) is 6.21. The van der Waals surface area contributed by atoms with E-state index >= 15 is 0 Å². The number of aliphatic hydroxyl groups excluding tert-OH is 3. The van der Waals surface area contributed by atoms with Crippen molar-refractivity contribution in [2.24, 2.45) is 10.8 Å². The topological polar surface area (TPSA) is 112 Å². The molecule has 0 spiro atoms. The van der Waals surface area contributed by atoms with Crippen LogP contribution in [0.15, 0.2) is 38.0 Å². The number of carbonyl (C=O) groups is 3. The Morgan fingerprint density at radius 1 is 0.810 bits per heavy atom. The van der Waals surface area contributed by atoms with Crippen molar-refractivity contribution in [3.05, 3.63) is 38.0 Å². The van der Waals surface area contributed by atoms with E-state index in [0.717, 1.165) is 18.2 Å². The third-order valence-electron chi connectivity index (χ3n) is 3.71. The molecule has 0 radical (unpaired) electrons. The molecule has 6 heteroatoms. The zero-order chi connectivity index (χ0) is 16.7. The van der Waals surface area contributed by atoms with Crippen molar-refractivity contribution in [3.63, 3.8) is 0 Å². The van der Waals surface area contributed by atoms with Crippen LogP contribution in [-0.2, 0) is 14.4 Å². The predicted molar refractivity (Wildman–Crippen MR) is 76.4 cm³/mol. The zero-order valence-electron chi connectivity index (χ0n) is 11.7. The number of carbonyl (C=O) groups excluding carboxylic acids is 3. The molecule has 21 heavy (non-hydrogen) atoms. The smallest absolute Gasteiger partial charge is 0.170 e. The molecule has 0 saturated heterocycles. The number of ketones is 3. The van der Waals surface area contributed by atoms with Gasteiger partial charge in [0.25, 0.3) is 0 Å². The van der Waals surface area contributed by atoms with Crippen LogP contribution in [0.2, 0.25) is 0 Å². The van der Waals surface area contributed by atoms with Crippen molar-refractivity contribution in [1.29, 1.82) is 0 Å². The molecule has 0 aliphatic rings. The summed E-state index contributed by atoms with van der Waals surface area (Å²) in [5.74, 6) is -2.66. The quantitative estimate of drug-likeness (QED) is 0.353. The van der Waals surface area contributed by atoms with Gasteiger partial charge in [0.2, 0.25) is 0 Å². The van der Waals surface area contributed by atoms with E-state index in [2.05, 4.69) is 19.7 Å². The average Bonchev–Trinajstić information content (AvgIpc) is 2.53. The molecular formula is C15H20O6. The van der Waals surface area contributed by atoms with Gasteiger partial charge in [0.15, 0.2) is 17.3 Å². The average molecular weight is 296 g/mol. The largest absolute Gasteiger partial charge is 0.396 e. The van der Waals surface area contributed by atoms with Gasteiger partial charge in [-0.15, -0.1) is 0 Å². The maximum Gasteiger partial charge on any atom is 0.170 e. The summed E-state index contributed by atoms with van der Waals surface area (Å²) >= 11 is 0. The number of allylic oxidation sites excluding steroid dienone is 3. The monoisotopic (exact) mass is 296 g/mol. The number of rotatable bonds is 11. The van der Waals surface area contributed by atoms with E-state index in [1.54, 1.807) is 0 Å². The molecule has 0 aromatic carbocycles. The van der Waals surface area contributed by atoms with Gasteiger partial charge in [-0.05, 0) is 24.6 Å². The highest BCUT2D eigenvalue weighted by Gasteiger charge is 2.61. The molecule has 0 heterocycles. The molecule has 0 atom stereocenters. The lowest BCUT2D eigenvalue weighted by molar-refractivity contribution is -0.162. The SMILES string of the molecule is C=CC(=O)C(CO)(CO)C(CCO)(C(=O)C=C)C(=O)C=C. The highest BCUT2D eigenvalue weighted by Crippen LogP contribution is 2.45. The van der Waals surface area contributed by atoms with Gasteiger partial charge in [-0.1, -0.05) is 19.7 Å². The Balaban J connectivity index is 6.67. The van der Waals surface area contributed by atoms with E-state index in [4.69, 9.17) is 0 Å². The maximum atomic E-state index is 12.3. The molecule has 6 nitrogen and oxygen atoms in total. The molecule has 0 rings (SSSR count). The zero-order valence-corrected chi connectivity index (χ0v) is 11.7. The summed E-state index contributed by atoms with van der Waals surface area (Å²) in [4.78, 5) is 36.8. The van der Waals surface area contributed by atoms with Crippen LogP contribution < -0.4 is 0 Å². The number of hydrogen-bond acceptors (Lipinski definition) is 6. The molecule has 0 unspecified atom stereocenters. The second kappa shape index (κ2) is 7.78.